The van der Waals surface area contributed by atoms with E-state index in [1.807, 2.05) is 0 Å². The summed E-state index contributed by atoms with van der Waals surface area (Å²) in [4.78, 5) is 0.176. The summed E-state index contributed by atoms with van der Waals surface area (Å²) in [5, 5.41) is 0. The number of fused-ring (bicyclic) bond motifs is 1. The summed E-state index contributed by atoms with van der Waals surface area (Å²) < 4.78 is 36.2. The number of benzene rings is 1. The maximum Gasteiger partial charge on any atom is 0.243 e. The fraction of sp³-hybridized carbons (Fsp3) is 0.455. The lowest BCUT2D eigenvalue weighted by molar-refractivity contribution is 0.174. The molecule has 6 nitrogen and oxygen atoms in total. The molecule has 0 amide bonds. The summed E-state index contributed by atoms with van der Waals surface area (Å²) in [7, 11) is -2.04. The average Bonchev–Trinajstić information content (AvgIpc) is 2.83. The summed E-state index contributed by atoms with van der Waals surface area (Å²) in [6.07, 6.45) is 0. The number of rotatable bonds is 4. The molecule has 1 atom stereocenters. The van der Waals surface area contributed by atoms with E-state index in [2.05, 4.69) is 0 Å². The van der Waals surface area contributed by atoms with Gasteiger partial charge in [0.15, 0.2) is 11.5 Å². The Labute approximate surface area is 106 Å². The number of nitrogens with two attached hydrogens (primary N) is 1. The van der Waals surface area contributed by atoms with E-state index in [9.17, 15) is 8.42 Å². The van der Waals surface area contributed by atoms with Gasteiger partial charge < -0.3 is 15.2 Å². The topological polar surface area (TPSA) is 81.9 Å². The molecular weight excluding hydrogens is 256 g/mol. The van der Waals surface area contributed by atoms with Crippen molar-refractivity contribution in [3.63, 3.8) is 0 Å². The van der Waals surface area contributed by atoms with Gasteiger partial charge in [-0.05, 0) is 19.1 Å². The minimum absolute atomic E-state index is 0.119. The number of sulfonamides is 1. The molecule has 7 heteroatoms. The Morgan fingerprint density at radius 3 is 2.72 bits per heavy atom. The zero-order valence-corrected chi connectivity index (χ0v) is 11.1. The summed E-state index contributed by atoms with van der Waals surface area (Å²) >= 11 is 0. The van der Waals surface area contributed by atoms with E-state index in [1.165, 1.54) is 23.5 Å². The van der Waals surface area contributed by atoms with Gasteiger partial charge in [0, 0.05) is 25.7 Å². The van der Waals surface area contributed by atoms with Crippen LogP contribution in [0.4, 0.5) is 0 Å². The molecule has 0 bridgehead atoms. The Hall–Kier alpha value is -1.31. The predicted octanol–water partition coefficient (Wildman–Crippen LogP) is 0.383. The van der Waals surface area contributed by atoms with Gasteiger partial charge in [-0.2, -0.15) is 4.31 Å². The molecule has 0 spiro atoms. The van der Waals surface area contributed by atoms with Gasteiger partial charge in [-0.25, -0.2) is 8.42 Å². The summed E-state index contributed by atoms with van der Waals surface area (Å²) in [6, 6.07) is 4.30. The molecule has 1 aromatic carbocycles. The van der Waals surface area contributed by atoms with Gasteiger partial charge in [0.2, 0.25) is 16.8 Å². The molecule has 2 N–H and O–H groups in total. The summed E-state index contributed by atoms with van der Waals surface area (Å²) in [6.45, 7) is 2.14. The fourth-order valence-corrected chi connectivity index (χ4v) is 2.98. The monoisotopic (exact) mass is 272 g/mol. The molecule has 1 aliphatic heterocycles. The van der Waals surface area contributed by atoms with Gasteiger partial charge >= 0.3 is 0 Å². The van der Waals surface area contributed by atoms with Crippen molar-refractivity contribution in [1.82, 2.24) is 4.31 Å². The van der Waals surface area contributed by atoms with Crippen LogP contribution in [0.3, 0.4) is 0 Å². The molecule has 0 aromatic heterocycles. The molecule has 1 unspecified atom stereocenters. The third-order valence-corrected chi connectivity index (χ3v) is 4.95. The van der Waals surface area contributed by atoms with E-state index in [-0.39, 0.29) is 24.3 Å². The Morgan fingerprint density at radius 2 is 2.06 bits per heavy atom. The zero-order valence-electron chi connectivity index (χ0n) is 10.3. The van der Waals surface area contributed by atoms with Crippen molar-refractivity contribution in [2.45, 2.75) is 17.9 Å². The fourth-order valence-electron chi connectivity index (χ4n) is 1.59. The van der Waals surface area contributed by atoms with Crippen LogP contribution in [0.1, 0.15) is 6.92 Å². The van der Waals surface area contributed by atoms with Crippen molar-refractivity contribution >= 4 is 10.0 Å². The first-order chi connectivity index (χ1) is 8.46. The second kappa shape index (κ2) is 4.75. The van der Waals surface area contributed by atoms with Crippen LogP contribution in [0.2, 0.25) is 0 Å². The minimum atomic E-state index is -3.55. The van der Waals surface area contributed by atoms with E-state index in [1.54, 1.807) is 13.0 Å². The number of nitrogens with zero attached hydrogens (tertiary/aromatic N) is 1. The summed E-state index contributed by atoms with van der Waals surface area (Å²) in [5.74, 6) is 1.01. The number of hydrogen-bond acceptors (Lipinski definition) is 5. The van der Waals surface area contributed by atoms with Crippen LogP contribution >= 0.6 is 0 Å². The van der Waals surface area contributed by atoms with Crippen molar-refractivity contribution in [2.75, 3.05) is 20.4 Å². The lowest BCUT2D eigenvalue weighted by atomic mass is 10.3. The molecule has 2 rings (SSSR count). The molecule has 0 radical (unpaired) electrons. The Morgan fingerprint density at radius 1 is 1.39 bits per heavy atom. The molecule has 100 valence electrons. The van der Waals surface area contributed by atoms with Crippen LogP contribution in [-0.4, -0.2) is 39.2 Å². The maximum absolute atomic E-state index is 12.3. The molecule has 0 fully saturated rings. The van der Waals surface area contributed by atoms with Gasteiger partial charge in [0.1, 0.15) is 0 Å². The Bertz CT molecular complexity index is 544. The van der Waals surface area contributed by atoms with E-state index >= 15 is 0 Å². The highest BCUT2D eigenvalue weighted by atomic mass is 32.2. The number of likely N-dealkylation sites (N-methyl/N-ethyl adjacent to an activating group) is 1. The number of ether oxygens (including phenoxy) is 2. The normalized spacial score (nSPS) is 16.0. The van der Waals surface area contributed by atoms with Crippen molar-refractivity contribution in [3.05, 3.63) is 18.2 Å². The van der Waals surface area contributed by atoms with Crippen LogP contribution in [0, 0.1) is 0 Å². The quantitative estimate of drug-likeness (QED) is 0.857. The standard InChI is InChI=1S/C11H16N2O4S/c1-8(6-12)13(2)18(14,15)9-3-4-10-11(5-9)17-7-16-10/h3-5,8H,6-7,12H2,1-2H3. The van der Waals surface area contributed by atoms with Crippen LogP contribution in [0.15, 0.2) is 23.1 Å². The van der Waals surface area contributed by atoms with Crippen molar-refractivity contribution < 1.29 is 17.9 Å². The van der Waals surface area contributed by atoms with Gasteiger partial charge in [0.25, 0.3) is 0 Å². The second-order valence-corrected chi connectivity index (χ2v) is 6.12. The molecule has 18 heavy (non-hydrogen) atoms. The van der Waals surface area contributed by atoms with Crippen LogP contribution in [0.25, 0.3) is 0 Å². The molecule has 1 aliphatic rings. The Kier molecular flexibility index (Phi) is 3.47. The molecule has 0 aliphatic carbocycles. The smallest absolute Gasteiger partial charge is 0.243 e. The molecule has 1 heterocycles. The molecule has 1 aromatic rings. The number of hydrogen-bond donors (Lipinski definition) is 1. The van der Waals surface area contributed by atoms with Crippen molar-refractivity contribution in [1.29, 1.82) is 0 Å². The lowest BCUT2D eigenvalue weighted by Crippen LogP contribution is -2.39. The SMILES string of the molecule is CC(CN)N(C)S(=O)(=O)c1ccc2c(c1)OCO2. The van der Waals surface area contributed by atoms with Crippen molar-refractivity contribution in [2.24, 2.45) is 5.73 Å². The van der Waals surface area contributed by atoms with Crippen LogP contribution in [0.5, 0.6) is 11.5 Å². The first-order valence-electron chi connectivity index (χ1n) is 5.54. The van der Waals surface area contributed by atoms with Gasteiger partial charge in [0.05, 0.1) is 4.90 Å². The highest BCUT2D eigenvalue weighted by Gasteiger charge is 2.26. The van der Waals surface area contributed by atoms with E-state index < -0.39 is 10.0 Å². The highest BCUT2D eigenvalue weighted by molar-refractivity contribution is 7.89. The third kappa shape index (κ3) is 2.16. The predicted molar refractivity (Wildman–Crippen MR) is 66.0 cm³/mol. The molecule has 0 saturated carbocycles. The van der Waals surface area contributed by atoms with Crippen LogP contribution in [-0.2, 0) is 10.0 Å². The van der Waals surface area contributed by atoms with Crippen molar-refractivity contribution in [3.8, 4) is 11.5 Å². The second-order valence-electron chi connectivity index (χ2n) is 4.12. The first kappa shape index (κ1) is 13.1. The van der Waals surface area contributed by atoms with Gasteiger partial charge in [-0.3, -0.25) is 0 Å². The summed E-state index contributed by atoms with van der Waals surface area (Å²) in [5.41, 5.74) is 5.49. The van der Waals surface area contributed by atoms with E-state index in [0.29, 0.717) is 11.5 Å². The Balaban J connectivity index is 2.36. The zero-order chi connectivity index (χ0) is 13.3. The van der Waals surface area contributed by atoms with Gasteiger partial charge in [-0.1, -0.05) is 0 Å². The largest absolute Gasteiger partial charge is 0.454 e. The van der Waals surface area contributed by atoms with E-state index in [0.717, 1.165) is 0 Å². The minimum Gasteiger partial charge on any atom is -0.454 e. The van der Waals surface area contributed by atoms with Gasteiger partial charge in [-0.15, -0.1) is 0 Å². The maximum atomic E-state index is 12.3. The first-order valence-corrected chi connectivity index (χ1v) is 6.98. The molecular formula is C11H16N2O4S. The third-order valence-electron chi connectivity index (χ3n) is 2.98. The van der Waals surface area contributed by atoms with Crippen LogP contribution < -0.4 is 15.2 Å². The molecule has 0 saturated heterocycles. The lowest BCUT2D eigenvalue weighted by Gasteiger charge is -2.23. The van der Waals surface area contributed by atoms with E-state index in [4.69, 9.17) is 15.2 Å². The highest BCUT2D eigenvalue weighted by Crippen LogP contribution is 2.34. The average molecular weight is 272 g/mol.